The number of nitrogen functional groups attached to an aromatic ring is 1. The fourth-order valence-corrected chi connectivity index (χ4v) is 1.88. The van der Waals surface area contributed by atoms with Crippen LogP contribution in [-0.2, 0) is 7.05 Å². The van der Waals surface area contributed by atoms with Crippen LogP contribution in [0.3, 0.4) is 0 Å². The quantitative estimate of drug-likeness (QED) is 0.923. The molecule has 5 heteroatoms. The molecule has 0 fully saturated rings. The third kappa shape index (κ3) is 2.54. The predicted octanol–water partition coefficient (Wildman–Crippen LogP) is 3.37. The molecule has 0 unspecified atom stereocenters. The van der Waals surface area contributed by atoms with Gasteiger partial charge in [-0.1, -0.05) is 13.8 Å². The third-order valence-corrected chi connectivity index (χ3v) is 2.95. The first-order chi connectivity index (χ1) is 8.90. The Bertz CT molecular complexity index is 605. The second kappa shape index (κ2) is 4.91. The summed E-state index contributed by atoms with van der Waals surface area (Å²) in [6.07, 6.45) is 0. The van der Waals surface area contributed by atoms with Crippen LogP contribution in [0, 0.1) is 12.7 Å². The standard InChI is InChI=1S/C14H18FN3O/c1-8(2)13-12(16)14(18(4)17-13)19-10-5-6-11(15)9(3)7-10/h5-8H,16H2,1-4H3. The van der Waals surface area contributed by atoms with Crippen LogP contribution in [0.4, 0.5) is 10.1 Å². The first-order valence-electron chi connectivity index (χ1n) is 6.16. The van der Waals surface area contributed by atoms with Crippen LogP contribution in [0.2, 0.25) is 0 Å². The molecule has 1 heterocycles. The first kappa shape index (κ1) is 13.4. The molecular formula is C14H18FN3O. The van der Waals surface area contributed by atoms with Crippen LogP contribution in [0.25, 0.3) is 0 Å². The van der Waals surface area contributed by atoms with Gasteiger partial charge in [0, 0.05) is 7.05 Å². The van der Waals surface area contributed by atoms with Crippen molar-refractivity contribution in [2.24, 2.45) is 7.05 Å². The molecule has 0 amide bonds. The van der Waals surface area contributed by atoms with E-state index < -0.39 is 0 Å². The minimum atomic E-state index is -0.256. The Hall–Kier alpha value is -2.04. The zero-order valence-electron chi connectivity index (χ0n) is 11.6. The zero-order chi connectivity index (χ0) is 14.2. The summed E-state index contributed by atoms with van der Waals surface area (Å²) in [5, 5.41) is 4.34. The maximum Gasteiger partial charge on any atom is 0.241 e. The van der Waals surface area contributed by atoms with Gasteiger partial charge in [-0.3, -0.25) is 0 Å². The molecule has 102 valence electrons. The topological polar surface area (TPSA) is 53.1 Å². The minimum Gasteiger partial charge on any atom is -0.437 e. The van der Waals surface area contributed by atoms with E-state index in [-0.39, 0.29) is 11.7 Å². The van der Waals surface area contributed by atoms with Gasteiger partial charge in [0.1, 0.15) is 17.3 Å². The summed E-state index contributed by atoms with van der Waals surface area (Å²) in [6.45, 7) is 5.73. The lowest BCUT2D eigenvalue weighted by Gasteiger charge is -2.08. The van der Waals surface area contributed by atoms with Gasteiger partial charge in [-0.2, -0.15) is 5.10 Å². The Kier molecular flexibility index (Phi) is 3.46. The normalized spacial score (nSPS) is 11.1. The Labute approximate surface area is 112 Å². The van der Waals surface area contributed by atoms with E-state index in [1.54, 1.807) is 30.8 Å². The van der Waals surface area contributed by atoms with Crippen molar-refractivity contribution in [2.75, 3.05) is 5.73 Å². The molecule has 0 radical (unpaired) electrons. The van der Waals surface area contributed by atoms with Gasteiger partial charge in [0.15, 0.2) is 0 Å². The van der Waals surface area contributed by atoms with Crippen molar-refractivity contribution in [3.63, 3.8) is 0 Å². The molecule has 1 aromatic carbocycles. The van der Waals surface area contributed by atoms with E-state index >= 15 is 0 Å². The van der Waals surface area contributed by atoms with Gasteiger partial charge in [0.25, 0.3) is 0 Å². The molecule has 0 spiro atoms. The molecule has 0 aliphatic carbocycles. The minimum absolute atomic E-state index is 0.221. The number of aromatic nitrogens is 2. The summed E-state index contributed by atoms with van der Waals surface area (Å²) in [6, 6.07) is 4.58. The van der Waals surface area contributed by atoms with Crippen LogP contribution in [-0.4, -0.2) is 9.78 Å². The highest BCUT2D eigenvalue weighted by molar-refractivity contribution is 5.55. The molecule has 0 aliphatic heterocycles. The van der Waals surface area contributed by atoms with E-state index in [1.165, 1.54) is 6.07 Å². The van der Waals surface area contributed by atoms with Gasteiger partial charge in [0.2, 0.25) is 5.88 Å². The number of hydrogen-bond acceptors (Lipinski definition) is 3. The highest BCUT2D eigenvalue weighted by atomic mass is 19.1. The number of ether oxygens (including phenoxy) is 1. The van der Waals surface area contributed by atoms with Gasteiger partial charge >= 0.3 is 0 Å². The zero-order valence-corrected chi connectivity index (χ0v) is 11.6. The first-order valence-corrected chi connectivity index (χ1v) is 6.16. The Balaban J connectivity index is 2.35. The largest absolute Gasteiger partial charge is 0.437 e. The molecule has 0 saturated carbocycles. The maximum atomic E-state index is 13.2. The molecular weight excluding hydrogens is 245 g/mol. The number of hydrogen-bond donors (Lipinski definition) is 1. The van der Waals surface area contributed by atoms with Crippen LogP contribution in [0.15, 0.2) is 18.2 Å². The van der Waals surface area contributed by atoms with E-state index in [4.69, 9.17) is 10.5 Å². The number of aryl methyl sites for hydroxylation is 2. The summed E-state index contributed by atoms with van der Waals surface area (Å²) < 4.78 is 20.5. The fraction of sp³-hybridized carbons (Fsp3) is 0.357. The highest BCUT2D eigenvalue weighted by Crippen LogP contribution is 2.33. The van der Waals surface area contributed by atoms with Crippen molar-refractivity contribution in [1.82, 2.24) is 9.78 Å². The van der Waals surface area contributed by atoms with E-state index in [9.17, 15) is 4.39 Å². The number of anilines is 1. The lowest BCUT2D eigenvalue weighted by molar-refractivity contribution is 0.430. The number of benzene rings is 1. The molecule has 0 saturated heterocycles. The Morgan fingerprint density at radius 2 is 2.05 bits per heavy atom. The molecule has 2 rings (SSSR count). The van der Waals surface area contributed by atoms with E-state index in [2.05, 4.69) is 5.10 Å². The molecule has 2 aromatic rings. The van der Waals surface area contributed by atoms with Gasteiger partial charge in [-0.15, -0.1) is 0 Å². The van der Waals surface area contributed by atoms with Gasteiger partial charge in [0.05, 0.1) is 5.69 Å². The molecule has 19 heavy (non-hydrogen) atoms. The van der Waals surface area contributed by atoms with E-state index in [0.29, 0.717) is 22.9 Å². The number of rotatable bonds is 3. The SMILES string of the molecule is Cc1cc(Oc2c(N)c(C(C)C)nn2C)ccc1F. The van der Waals surface area contributed by atoms with Crippen molar-refractivity contribution < 1.29 is 9.13 Å². The number of halogens is 1. The predicted molar refractivity (Wildman–Crippen MR) is 72.9 cm³/mol. The van der Waals surface area contributed by atoms with Gasteiger partial charge in [-0.05, 0) is 36.6 Å². The van der Waals surface area contributed by atoms with E-state index in [0.717, 1.165) is 5.69 Å². The average Bonchev–Trinajstić information content (AvgIpc) is 2.62. The van der Waals surface area contributed by atoms with Crippen molar-refractivity contribution >= 4 is 5.69 Å². The summed E-state index contributed by atoms with van der Waals surface area (Å²) in [5.74, 6) is 0.991. The fourth-order valence-electron chi connectivity index (χ4n) is 1.88. The van der Waals surface area contributed by atoms with Crippen molar-refractivity contribution in [2.45, 2.75) is 26.7 Å². The summed E-state index contributed by atoms with van der Waals surface area (Å²) >= 11 is 0. The number of nitrogens with two attached hydrogens (primary N) is 1. The lowest BCUT2D eigenvalue weighted by atomic mass is 10.1. The van der Waals surface area contributed by atoms with Crippen LogP contribution in [0.5, 0.6) is 11.6 Å². The second-order valence-corrected chi connectivity index (χ2v) is 4.90. The van der Waals surface area contributed by atoms with E-state index in [1.807, 2.05) is 13.8 Å². The van der Waals surface area contributed by atoms with Crippen molar-refractivity contribution in [3.8, 4) is 11.6 Å². The average molecular weight is 263 g/mol. The Morgan fingerprint density at radius 1 is 1.37 bits per heavy atom. The Morgan fingerprint density at radius 3 is 2.58 bits per heavy atom. The van der Waals surface area contributed by atoms with Crippen LogP contribution >= 0.6 is 0 Å². The highest BCUT2D eigenvalue weighted by Gasteiger charge is 2.17. The lowest BCUT2D eigenvalue weighted by Crippen LogP contribution is -1.97. The monoisotopic (exact) mass is 263 g/mol. The van der Waals surface area contributed by atoms with Crippen molar-refractivity contribution in [3.05, 3.63) is 35.3 Å². The molecule has 0 atom stereocenters. The smallest absolute Gasteiger partial charge is 0.241 e. The maximum absolute atomic E-state index is 13.2. The van der Waals surface area contributed by atoms with Crippen molar-refractivity contribution in [1.29, 1.82) is 0 Å². The summed E-state index contributed by atoms with van der Waals surface area (Å²) in [5.41, 5.74) is 7.90. The third-order valence-electron chi connectivity index (χ3n) is 2.95. The number of nitrogens with zero attached hydrogens (tertiary/aromatic N) is 2. The molecule has 0 aliphatic rings. The molecule has 2 N–H and O–H groups in total. The molecule has 1 aromatic heterocycles. The summed E-state index contributed by atoms with van der Waals surface area (Å²) in [7, 11) is 1.77. The molecule has 0 bridgehead atoms. The van der Waals surface area contributed by atoms with Gasteiger partial charge in [-0.25, -0.2) is 9.07 Å². The van der Waals surface area contributed by atoms with Crippen LogP contribution in [0.1, 0.15) is 31.0 Å². The second-order valence-electron chi connectivity index (χ2n) is 4.90. The molecule has 4 nitrogen and oxygen atoms in total. The summed E-state index contributed by atoms with van der Waals surface area (Å²) in [4.78, 5) is 0. The van der Waals surface area contributed by atoms with Gasteiger partial charge < -0.3 is 10.5 Å². The van der Waals surface area contributed by atoms with Crippen LogP contribution < -0.4 is 10.5 Å².